The molecule has 1 aromatic heterocycles. The molecule has 0 spiro atoms. The summed E-state index contributed by atoms with van der Waals surface area (Å²) in [5, 5.41) is 2.66. The molecule has 1 aromatic carbocycles. The predicted molar refractivity (Wildman–Crippen MR) is 56.1 cm³/mol. The zero-order valence-electron chi connectivity index (χ0n) is 8.11. The Kier molecular flexibility index (Phi) is 2.63. The molecule has 2 aromatic rings. The second-order valence-electron chi connectivity index (χ2n) is 3.12. The molecule has 0 saturated carbocycles. The van der Waals surface area contributed by atoms with Crippen LogP contribution in [0.4, 0.5) is 26.1 Å². The summed E-state index contributed by atoms with van der Waals surface area (Å²) in [5.41, 5.74) is 6.05. The van der Waals surface area contributed by atoms with Crippen molar-refractivity contribution < 1.29 is 8.78 Å². The number of anilines is 3. The van der Waals surface area contributed by atoms with Crippen LogP contribution in [0.5, 0.6) is 0 Å². The van der Waals surface area contributed by atoms with Crippen LogP contribution < -0.4 is 11.1 Å². The Labute approximate surface area is 90.1 Å². The van der Waals surface area contributed by atoms with Gasteiger partial charge in [0.25, 0.3) is 0 Å². The largest absolute Gasteiger partial charge is 0.396 e. The van der Waals surface area contributed by atoms with Crippen LogP contribution in [0.3, 0.4) is 0 Å². The van der Waals surface area contributed by atoms with Crippen molar-refractivity contribution >= 4 is 17.3 Å². The number of nitrogen functional groups attached to an aromatic ring is 1. The fourth-order valence-corrected chi connectivity index (χ4v) is 1.16. The number of aromatic nitrogens is 2. The molecule has 0 aliphatic carbocycles. The SMILES string of the molecule is Nc1cnc(Nc2cc(F)cc(F)c2)nc1. The first kappa shape index (κ1) is 10.3. The van der Waals surface area contributed by atoms with Gasteiger partial charge in [0, 0.05) is 11.8 Å². The highest BCUT2D eigenvalue weighted by Gasteiger charge is 2.02. The van der Waals surface area contributed by atoms with Crippen molar-refractivity contribution in [3.63, 3.8) is 0 Å². The van der Waals surface area contributed by atoms with Gasteiger partial charge in [0.05, 0.1) is 18.1 Å². The molecule has 4 nitrogen and oxygen atoms in total. The molecule has 0 amide bonds. The summed E-state index contributed by atoms with van der Waals surface area (Å²) >= 11 is 0. The van der Waals surface area contributed by atoms with Crippen LogP contribution in [-0.4, -0.2) is 9.97 Å². The van der Waals surface area contributed by atoms with Crippen molar-refractivity contribution in [2.24, 2.45) is 0 Å². The van der Waals surface area contributed by atoms with Gasteiger partial charge in [-0.1, -0.05) is 0 Å². The average molecular weight is 222 g/mol. The lowest BCUT2D eigenvalue weighted by molar-refractivity contribution is 0.584. The maximum atomic E-state index is 12.9. The summed E-state index contributed by atoms with van der Waals surface area (Å²) in [4.78, 5) is 7.68. The first-order valence-electron chi connectivity index (χ1n) is 4.44. The molecule has 0 aliphatic rings. The zero-order valence-corrected chi connectivity index (χ0v) is 8.11. The van der Waals surface area contributed by atoms with Gasteiger partial charge < -0.3 is 11.1 Å². The lowest BCUT2D eigenvalue weighted by atomic mass is 10.3. The van der Waals surface area contributed by atoms with E-state index in [0.29, 0.717) is 5.69 Å². The molecule has 0 fully saturated rings. The Bertz CT molecular complexity index is 478. The van der Waals surface area contributed by atoms with Gasteiger partial charge in [0.15, 0.2) is 0 Å². The summed E-state index contributed by atoms with van der Waals surface area (Å²) in [6.07, 6.45) is 2.79. The van der Waals surface area contributed by atoms with Crippen molar-refractivity contribution in [2.45, 2.75) is 0 Å². The molecule has 6 heteroatoms. The molecule has 0 unspecified atom stereocenters. The van der Waals surface area contributed by atoms with E-state index in [9.17, 15) is 8.78 Å². The molecule has 3 N–H and O–H groups in total. The number of hydrogen-bond donors (Lipinski definition) is 2. The minimum Gasteiger partial charge on any atom is -0.396 e. The highest BCUT2D eigenvalue weighted by Crippen LogP contribution is 2.16. The third kappa shape index (κ3) is 2.41. The third-order valence-corrected chi connectivity index (χ3v) is 1.79. The summed E-state index contributed by atoms with van der Waals surface area (Å²) in [6.45, 7) is 0. The van der Waals surface area contributed by atoms with Crippen LogP contribution in [0.2, 0.25) is 0 Å². The smallest absolute Gasteiger partial charge is 0.227 e. The molecular formula is C10H8F2N4. The predicted octanol–water partition coefficient (Wildman–Crippen LogP) is 2.08. The topological polar surface area (TPSA) is 63.8 Å². The van der Waals surface area contributed by atoms with Crippen molar-refractivity contribution in [1.82, 2.24) is 9.97 Å². The molecule has 1 heterocycles. The van der Waals surface area contributed by atoms with Gasteiger partial charge in [-0.25, -0.2) is 18.7 Å². The molecule has 0 saturated heterocycles. The molecule has 0 bridgehead atoms. The fourth-order valence-electron chi connectivity index (χ4n) is 1.16. The third-order valence-electron chi connectivity index (χ3n) is 1.79. The summed E-state index contributed by atoms with van der Waals surface area (Å²) < 4.78 is 25.7. The van der Waals surface area contributed by atoms with Gasteiger partial charge in [-0.3, -0.25) is 0 Å². The number of rotatable bonds is 2. The number of benzene rings is 1. The molecular weight excluding hydrogens is 214 g/mol. The minimum atomic E-state index is -0.669. The monoisotopic (exact) mass is 222 g/mol. The van der Waals surface area contributed by atoms with E-state index in [1.54, 1.807) is 0 Å². The molecule has 0 aliphatic heterocycles. The number of hydrogen-bond acceptors (Lipinski definition) is 4. The lowest BCUT2D eigenvalue weighted by Gasteiger charge is -2.04. The van der Waals surface area contributed by atoms with Gasteiger partial charge in [0.2, 0.25) is 5.95 Å². The average Bonchev–Trinajstić information content (AvgIpc) is 2.20. The molecule has 16 heavy (non-hydrogen) atoms. The highest BCUT2D eigenvalue weighted by molar-refractivity contribution is 5.53. The quantitative estimate of drug-likeness (QED) is 0.816. The summed E-state index contributed by atoms with van der Waals surface area (Å²) in [6, 6.07) is 3.07. The molecule has 2 rings (SSSR count). The van der Waals surface area contributed by atoms with E-state index in [-0.39, 0.29) is 11.6 Å². The first-order chi connectivity index (χ1) is 7.63. The van der Waals surface area contributed by atoms with E-state index >= 15 is 0 Å². The van der Waals surface area contributed by atoms with E-state index in [1.807, 2.05) is 0 Å². The molecule has 0 atom stereocenters. The summed E-state index contributed by atoms with van der Waals surface area (Å²) in [5.74, 6) is -1.12. The maximum absolute atomic E-state index is 12.9. The minimum absolute atomic E-state index is 0.221. The number of nitrogens with two attached hydrogens (primary N) is 1. The Morgan fingerprint density at radius 3 is 2.12 bits per heavy atom. The Balaban J connectivity index is 2.23. The number of nitrogens with zero attached hydrogens (tertiary/aromatic N) is 2. The van der Waals surface area contributed by atoms with Gasteiger partial charge in [0.1, 0.15) is 11.6 Å². The summed E-state index contributed by atoms with van der Waals surface area (Å²) in [7, 11) is 0. The van der Waals surface area contributed by atoms with E-state index in [2.05, 4.69) is 15.3 Å². The lowest BCUT2D eigenvalue weighted by Crippen LogP contribution is -1.98. The van der Waals surface area contributed by atoms with Gasteiger partial charge in [-0.15, -0.1) is 0 Å². The van der Waals surface area contributed by atoms with E-state index in [4.69, 9.17) is 5.73 Å². The molecule has 0 radical (unpaired) electrons. The highest BCUT2D eigenvalue weighted by atomic mass is 19.1. The first-order valence-corrected chi connectivity index (χ1v) is 4.44. The second kappa shape index (κ2) is 4.09. The van der Waals surface area contributed by atoms with E-state index in [0.717, 1.165) is 18.2 Å². The van der Waals surface area contributed by atoms with Crippen LogP contribution in [0, 0.1) is 11.6 Å². The van der Waals surface area contributed by atoms with Crippen LogP contribution in [-0.2, 0) is 0 Å². The van der Waals surface area contributed by atoms with Crippen molar-refractivity contribution in [3.8, 4) is 0 Å². The number of halogens is 2. The Morgan fingerprint density at radius 2 is 1.56 bits per heavy atom. The van der Waals surface area contributed by atoms with Crippen molar-refractivity contribution in [1.29, 1.82) is 0 Å². The fraction of sp³-hybridized carbons (Fsp3) is 0. The van der Waals surface area contributed by atoms with Gasteiger partial charge >= 0.3 is 0 Å². The second-order valence-corrected chi connectivity index (χ2v) is 3.12. The number of nitrogens with one attached hydrogen (secondary N) is 1. The zero-order chi connectivity index (χ0) is 11.5. The van der Waals surface area contributed by atoms with E-state index in [1.165, 1.54) is 12.4 Å². The van der Waals surface area contributed by atoms with Gasteiger partial charge in [-0.2, -0.15) is 0 Å². The Morgan fingerprint density at radius 1 is 1.00 bits per heavy atom. The van der Waals surface area contributed by atoms with Crippen LogP contribution >= 0.6 is 0 Å². The van der Waals surface area contributed by atoms with Crippen molar-refractivity contribution in [3.05, 3.63) is 42.2 Å². The van der Waals surface area contributed by atoms with Crippen LogP contribution in [0.25, 0.3) is 0 Å². The standard InChI is InChI=1S/C10H8F2N4/c11-6-1-7(12)3-9(2-6)16-10-14-4-8(13)5-15-10/h1-5H,13H2,(H,14,15,16). The van der Waals surface area contributed by atoms with Crippen molar-refractivity contribution in [2.75, 3.05) is 11.1 Å². The maximum Gasteiger partial charge on any atom is 0.227 e. The van der Waals surface area contributed by atoms with Crippen LogP contribution in [0.15, 0.2) is 30.6 Å². The normalized spacial score (nSPS) is 10.1. The van der Waals surface area contributed by atoms with E-state index < -0.39 is 11.6 Å². The molecule has 82 valence electrons. The van der Waals surface area contributed by atoms with Gasteiger partial charge in [-0.05, 0) is 12.1 Å². The van der Waals surface area contributed by atoms with Crippen LogP contribution in [0.1, 0.15) is 0 Å². The Hall–Kier alpha value is -2.24.